The van der Waals surface area contributed by atoms with Crippen molar-refractivity contribution in [1.82, 2.24) is 4.57 Å². The lowest BCUT2D eigenvalue weighted by molar-refractivity contribution is -0.704. The largest absolute Gasteiger partial charge is 0.458 e. The monoisotopic (exact) mass is 293 g/mol. The van der Waals surface area contributed by atoms with Crippen molar-refractivity contribution in [2.45, 2.75) is 26.4 Å². The number of carbonyl (C=O) groups is 2. The number of hydrogen-bond donors (Lipinski definition) is 0. The van der Waals surface area contributed by atoms with Gasteiger partial charge in [0.1, 0.15) is 38.7 Å². The fourth-order valence-corrected chi connectivity index (χ4v) is 1.92. The van der Waals surface area contributed by atoms with Crippen LogP contribution in [0.3, 0.4) is 0 Å². The topological polar surface area (TPSA) is 61.4 Å². The molecule has 6 nitrogen and oxygen atoms in total. The minimum absolute atomic E-state index is 0.290. The third-order valence-electron chi connectivity index (χ3n) is 2.89. The maximum absolute atomic E-state index is 11.0. The van der Waals surface area contributed by atoms with Crippen molar-refractivity contribution in [2.75, 3.05) is 13.2 Å². The number of nitrogens with zero attached hydrogens (tertiary/aromatic N) is 2. The van der Waals surface area contributed by atoms with Gasteiger partial charge >= 0.3 is 11.9 Å². The van der Waals surface area contributed by atoms with E-state index >= 15 is 0 Å². The molecule has 0 amide bonds. The van der Waals surface area contributed by atoms with Gasteiger partial charge in [-0.1, -0.05) is 20.1 Å². The van der Waals surface area contributed by atoms with Crippen molar-refractivity contribution in [2.24, 2.45) is 0 Å². The average molecular weight is 293 g/mol. The van der Waals surface area contributed by atoms with Crippen LogP contribution in [0.25, 0.3) is 0 Å². The third kappa shape index (κ3) is 5.25. The molecule has 0 saturated carbocycles. The molecule has 1 heterocycles. The number of hydrogen-bond acceptors (Lipinski definition) is 4. The fraction of sp³-hybridized carbons (Fsp3) is 0.400. The van der Waals surface area contributed by atoms with Gasteiger partial charge in [-0.15, -0.1) is 0 Å². The van der Waals surface area contributed by atoms with Crippen LogP contribution in [0.15, 0.2) is 37.7 Å². The summed E-state index contributed by atoms with van der Waals surface area (Å²) in [6.45, 7) is 10.4. The van der Waals surface area contributed by atoms with Gasteiger partial charge in [-0.3, -0.25) is 0 Å². The Kier molecular flexibility index (Phi) is 6.94. The summed E-state index contributed by atoms with van der Waals surface area (Å²) in [6.07, 6.45) is 6.93. The molecule has 0 aliphatic heterocycles. The quantitative estimate of drug-likeness (QED) is 0.384. The first kappa shape index (κ1) is 16.7. The first-order valence-corrected chi connectivity index (χ1v) is 6.78. The second-order valence-electron chi connectivity index (χ2n) is 4.20. The highest BCUT2D eigenvalue weighted by atomic mass is 16.5. The van der Waals surface area contributed by atoms with E-state index in [9.17, 15) is 9.59 Å². The summed E-state index contributed by atoms with van der Waals surface area (Å²) in [4.78, 5) is 22.0. The van der Waals surface area contributed by atoms with E-state index in [0.29, 0.717) is 13.1 Å². The van der Waals surface area contributed by atoms with Crippen molar-refractivity contribution in [1.29, 1.82) is 0 Å². The molecule has 21 heavy (non-hydrogen) atoms. The summed E-state index contributed by atoms with van der Waals surface area (Å²) in [5.74, 6) is 0.216. The van der Waals surface area contributed by atoms with Gasteiger partial charge in [0.05, 0.1) is 0 Å². The van der Waals surface area contributed by atoms with Gasteiger partial charge in [0.25, 0.3) is 5.82 Å². The van der Waals surface area contributed by atoms with Gasteiger partial charge in [0.15, 0.2) is 0 Å². The van der Waals surface area contributed by atoms with Crippen LogP contribution in [-0.4, -0.2) is 29.7 Å². The van der Waals surface area contributed by atoms with Crippen LogP contribution in [0.5, 0.6) is 0 Å². The molecule has 0 aliphatic rings. The zero-order chi connectivity index (χ0) is 15.7. The lowest BCUT2D eigenvalue weighted by Gasteiger charge is -2.04. The Morgan fingerprint density at radius 2 is 1.86 bits per heavy atom. The minimum atomic E-state index is -0.426. The van der Waals surface area contributed by atoms with E-state index in [1.165, 1.54) is 0 Å². The van der Waals surface area contributed by atoms with E-state index in [2.05, 4.69) is 13.2 Å². The molecule has 0 aromatic carbocycles. The predicted octanol–water partition coefficient (Wildman–Crippen LogP) is 0.796. The van der Waals surface area contributed by atoms with Crippen molar-refractivity contribution in [3.8, 4) is 0 Å². The van der Waals surface area contributed by atoms with E-state index in [-0.39, 0.29) is 13.2 Å². The fourth-order valence-electron chi connectivity index (χ4n) is 1.92. The van der Waals surface area contributed by atoms with Crippen LogP contribution in [0.4, 0.5) is 0 Å². The van der Waals surface area contributed by atoms with Gasteiger partial charge in [-0.2, -0.15) is 0 Å². The Morgan fingerprint density at radius 3 is 2.43 bits per heavy atom. The molecule has 0 fully saturated rings. The Labute approximate surface area is 124 Å². The Bertz CT molecular complexity index is 476. The highest BCUT2D eigenvalue weighted by molar-refractivity contribution is 5.81. The van der Waals surface area contributed by atoms with E-state index in [0.717, 1.165) is 24.4 Å². The number of aromatic nitrogens is 2. The molecule has 0 saturated heterocycles. The van der Waals surface area contributed by atoms with Crippen molar-refractivity contribution < 1.29 is 23.6 Å². The molecule has 1 rings (SSSR count). The summed E-state index contributed by atoms with van der Waals surface area (Å²) in [5, 5.41) is 0. The third-order valence-corrected chi connectivity index (χ3v) is 2.89. The molecular formula is C15H21N2O4+. The maximum atomic E-state index is 11.0. The van der Waals surface area contributed by atoms with Crippen LogP contribution < -0.4 is 4.57 Å². The van der Waals surface area contributed by atoms with Crippen LogP contribution in [-0.2, 0) is 38.6 Å². The Balaban J connectivity index is 2.54. The normalized spacial score (nSPS) is 9.95. The number of imidazole rings is 1. The lowest BCUT2D eigenvalue weighted by Crippen LogP contribution is -2.39. The summed E-state index contributed by atoms with van der Waals surface area (Å²) in [6, 6.07) is 0. The number of carbonyl (C=O) groups excluding carboxylic acids is 2. The molecule has 6 heteroatoms. The van der Waals surface area contributed by atoms with Gasteiger partial charge < -0.3 is 9.47 Å². The van der Waals surface area contributed by atoms with Crippen molar-refractivity contribution >= 4 is 11.9 Å². The molecule has 0 spiro atoms. The highest BCUT2D eigenvalue weighted by Crippen LogP contribution is 1.98. The van der Waals surface area contributed by atoms with Crippen LogP contribution in [0.1, 0.15) is 12.7 Å². The molecule has 0 N–H and O–H groups in total. The lowest BCUT2D eigenvalue weighted by atomic mass is 10.4. The Morgan fingerprint density at radius 1 is 1.24 bits per heavy atom. The minimum Gasteiger partial charge on any atom is -0.458 e. The second kappa shape index (κ2) is 8.73. The number of esters is 2. The smallest absolute Gasteiger partial charge is 0.330 e. The second-order valence-corrected chi connectivity index (χ2v) is 4.20. The molecule has 1 aromatic rings. The Hall–Kier alpha value is -2.37. The molecule has 0 atom stereocenters. The molecule has 1 aromatic heterocycles. The molecule has 0 bridgehead atoms. The molecule has 114 valence electrons. The van der Waals surface area contributed by atoms with E-state index in [1.807, 2.05) is 28.5 Å². The van der Waals surface area contributed by atoms with E-state index in [4.69, 9.17) is 9.47 Å². The average Bonchev–Trinajstić information content (AvgIpc) is 2.88. The zero-order valence-electron chi connectivity index (χ0n) is 12.3. The summed E-state index contributed by atoms with van der Waals surface area (Å²) < 4.78 is 13.9. The van der Waals surface area contributed by atoms with Gasteiger partial charge in [0.2, 0.25) is 0 Å². The van der Waals surface area contributed by atoms with E-state index < -0.39 is 11.9 Å². The van der Waals surface area contributed by atoms with Crippen molar-refractivity contribution in [3.05, 3.63) is 43.5 Å². The number of ether oxygens (including phenoxy) is 2. The molecule has 0 aliphatic carbocycles. The standard InChI is InChI=1S/C15H21N2O4/c1-4-13-16(9-11-20-14(18)5-2)7-8-17(13)10-12-21-15(19)6-3/h5-8H,2-4,9-12H2,1H3/q+1. The first-order chi connectivity index (χ1) is 10.1. The van der Waals surface area contributed by atoms with Crippen LogP contribution in [0.2, 0.25) is 0 Å². The maximum Gasteiger partial charge on any atom is 0.330 e. The zero-order valence-corrected chi connectivity index (χ0v) is 12.3. The SMILES string of the molecule is C=CC(=O)OCCn1cc[n+](CCOC(=O)C=C)c1CC. The highest BCUT2D eigenvalue weighted by Gasteiger charge is 2.15. The summed E-state index contributed by atoms with van der Waals surface area (Å²) in [7, 11) is 0. The summed E-state index contributed by atoms with van der Waals surface area (Å²) >= 11 is 0. The predicted molar refractivity (Wildman–Crippen MR) is 76.3 cm³/mol. The number of rotatable bonds is 9. The molecular weight excluding hydrogens is 272 g/mol. The van der Waals surface area contributed by atoms with Gasteiger partial charge in [0, 0.05) is 18.6 Å². The van der Waals surface area contributed by atoms with Gasteiger partial charge in [-0.25, -0.2) is 18.7 Å². The van der Waals surface area contributed by atoms with Crippen LogP contribution in [0, 0.1) is 0 Å². The van der Waals surface area contributed by atoms with Gasteiger partial charge in [-0.05, 0) is 0 Å². The van der Waals surface area contributed by atoms with Crippen molar-refractivity contribution in [3.63, 3.8) is 0 Å². The molecule has 0 unspecified atom stereocenters. The molecule has 0 radical (unpaired) electrons. The first-order valence-electron chi connectivity index (χ1n) is 6.78. The van der Waals surface area contributed by atoms with E-state index in [1.54, 1.807) is 0 Å². The summed E-state index contributed by atoms with van der Waals surface area (Å²) in [5.41, 5.74) is 0. The van der Waals surface area contributed by atoms with Crippen LogP contribution >= 0.6 is 0 Å².